The van der Waals surface area contributed by atoms with Crippen molar-refractivity contribution in [3.8, 4) is 0 Å². The van der Waals surface area contributed by atoms with E-state index >= 15 is 0 Å². The Labute approximate surface area is 234 Å². The number of fused-ring (bicyclic) bond motifs is 1. The third-order valence-corrected chi connectivity index (χ3v) is 6.51. The average molecular weight is 573 g/mol. The van der Waals surface area contributed by atoms with E-state index in [0.717, 1.165) is 35.5 Å². The van der Waals surface area contributed by atoms with Crippen molar-refractivity contribution in [3.63, 3.8) is 0 Å². The molecule has 0 aliphatic heterocycles. The van der Waals surface area contributed by atoms with Gasteiger partial charge in [0.2, 0.25) is 5.95 Å². The molecule has 4 N–H and O–H groups in total. The van der Waals surface area contributed by atoms with Crippen LogP contribution >= 0.6 is 11.6 Å². The minimum Gasteiger partial charge on any atom is -0.324 e. The Kier molecular flexibility index (Phi) is 8.70. The van der Waals surface area contributed by atoms with Crippen molar-refractivity contribution in [1.82, 2.24) is 25.3 Å². The number of hydrogen-bond acceptors (Lipinski definition) is 7. The van der Waals surface area contributed by atoms with Gasteiger partial charge in [-0.25, -0.2) is 19.7 Å². The minimum absolute atomic E-state index is 0.0555. The summed E-state index contributed by atoms with van der Waals surface area (Å²) in [6, 6.07) is 7.74. The summed E-state index contributed by atoms with van der Waals surface area (Å²) >= 11 is 5.65. The van der Waals surface area contributed by atoms with E-state index in [1.54, 1.807) is 24.4 Å². The molecule has 2 heterocycles. The van der Waals surface area contributed by atoms with E-state index in [0.29, 0.717) is 34.9 Å². The second kappa shape index (κ2) is 12.0. The SMILES string of the molecule is CCc1nc2cnc(Nc3cc(NC(=O)Nc4ccc(Cl)c(C(F)(F)F)c4)ccc3C)nc2nc1CC(C)NC. The predicted octanol–water partition coefficient (Wildman–Crippen LogP) is 6.50. The summed E-state index contributed by atoms with van der Waals surface area (Å²) in [6.45, 7) is 5.96. The Bertz CT molecular complexity index is 1550. The topological polar surface area (TPSA) is 117 Å². The third-order valence-electron chi connectivity index (χ3n) is 6.18. The van der Waals surface area contributed by atoms with Crippen LogP contribution in [-0.4, -0.2) is 39.1 Å². The number of aromatic nitrogens is 4. The van der Waals surface area contributed by atoms with Crippen molar-refractivity contribution in [3.05, 3.63) is 70.1 Å². The highest BCUT2D eigenvalue weighted by molar-refractivity contribution is 6.31. The number of benzene rings is 2. The monoisotopic (exact) mass is 572 g/mol. The maximum Gasteiger partial charge on any atom is 0.417 e. The maximum atomic E-state index is 13.1. The maximum absolute atomic E-state index is 13.1. The summed E-state index contributed by atoms with van der Waals surface area (Å²) in [7, 11) is 1.89. The smallest absolute Gasteiger partial charge is 0.324 e. The second-order valence-electron chi connectivity index (χ2n) is 9.19. The highest BCUT2D eigenvalue weighted by atomic mass is 35.5. The number of aryl methyl sites for hydroxylation is 2. The number of carbonyl (C=O) groups is 1. The van der Waals surface area contributed by atoms with Crippen LogP contribution in [0.25, 0.3) is 11.2 Å². The van der Waals surface area contributed by atoms with Crippen LogP contribution in [0, 0.1) is 6.92 Å². The van der Waals surface area contributed by atoms with Gasteiger partial charge in [0.1, 0.15) is 5.52 Å². The summed E-state index contributed by atoms with van der Waals surface area (Å²) in [4.78, 5) is 30.8. The van der Waals surface area contributed by atoms with Crippen LogP contribution in [0.3, 0.4) is 0 Å². The van der Waals surface area contributed by atoms with Crippen molar-refractivity contribution < 1.29 is 18.0 Å². The lowest BCUT2D eigenvalue weighted by Gasteiger charge is -2.14. The van der Waals surface area contributed by atoms with Crippen LogP contribution in [0.15, 0.2) is 42.6 Å². The molecule has 1 atom stereocenters. The molecule has 4 aromatic rings. The van der Waals surface area contributed by atoms with Crippen LogP contribution < -0.4 is 21.3 Å². The molecule has 2 amide bonds. The summed E-state index contributed by atoms with van der Waals surface area (Å²) < 4.78 is 39.4. The van der Waals surface area contributed by atoms with Crippen molar-refractivity contribution in [2.45, 2.75) is 45.8 Å². The molecule has 40 heavy (non-hydrogen) atoms. The number of urea groups is 1. The second-order valence-corrected chi connectivity index (χ2v) is 9.60. The lowest BCUT2D eigenvalue weighted by Crippen LogP contribution is -2.25. The first kappa shape index (κ1) is 29.0. The molecule has 0 fully saturated rings. The Morgan fingerprint density at radius 3 is 2.40 bits per heavy atom. The van der Waals surface area contributed by atoms with Crippen molar-refractivity contribution in [2.24, 2.45) is 0 Å². The quantitative estimate of drug-likeness (QED) is 0.190. The number of nitrogens with one attached hydrogen (secondary N) is 4. The molecule has 0 bridgehead atoms. The molecule has 2 aromatic carbocycles. The van der Waals surface area contributed by atoms with E-state index in [1.807, 2.05) is 20.9 Å². The van der Waals surface area contributed by atoms with Crippen molar-refractivity contribution in [2.75, 3.05) is 23.0 Å². The molecule has 2 aromatic heterocycles. The van der Waals surface area contributed by atoms with Crippen LogP contribution in [0.2, 0.25) is 5.02 Å². The van der Waals surface area contributed by atoms with Crippen molar-refractivity contribution >= 4 is 51.8 Å². The zero-order chi connectivity index (χ0) is 29.0. The van der Waals surface area contributed by atoms with Gasteiger partial charge in [-0.3, -0.25) is 0 Å². The van der Waals surface area contributed by atoms with E-state index in [9.17, 15) is 18.0 Å². The molecule has 0 spiro atoms. The molecule has 0 saturated heterocycles. The molecular formula is C27H28ClF3N8O. The molecule has 13 heteroatoms. The Balaban J connectivity index is 1.52. The molecule has 210 valence electrons. The number of halogens is 4. The van der Waals surface area contributed by atoms with Crippen LogP contribution in [-0.2, 0) is 19.0 Å². The van der Waals surface area contributed by atoms with Crippen LogP contribution in [0.5, 0.6) is 0 Å². The van der Waals surface area contributed by atoms with Gasteiger partial charge in [0.05, 0.1) is 28.2 Å². The first-order chi connectivity index (χ1) is 19.0. The van der Waals surface area contributed by atoms with Gasteiger partial charge in [-0.05, 0) is 63.2 Å². The van der Waals surface area contributed by atoms with Gasteiger partial charge < -0.3 is 21.3 Å². The molecular weight excluding hydrogens is 545 g/mol. The highest BCUT2D eigenvalue weighted by Gasteiger charge is 2.33. The minimum atomic E-state index is -4.65. The van der Waals surface area contributed by atoms with Gasteiger partial charge in [0.25, 0.3) is 0 Å². The van der Waals surface area contributed by atoms with E-state index in [-0.39, 0.29) is 11.7 Å². The van der Waals surface area contributed by atoms with E-state index in [1.165, 1.54) is 6.07 Å². The fraction of sp³-hybridized carbons (Fsp3) is 0.296. The average Bonchev–Trinajstić information content (AvgIpc) is 2.90. The van der Waals surface area contributed by atoms with Crippen LogP contribution in [0.4, 0.5) is 41.0 Å². The Hall–Kier alpha value is -4.03. The largest absolute Gasteiger partial charge is 0.417 e. The summed E-state index contributed by atoms with van der Waals surface area (Å²) in [6.07, 6.45) is -1.60. The Morgan fingerprint density at radius 1 is 1.02 bits per heavy atom. The number of likely N-dealkylation sites (N-methyl/N-ethyl adjacent to an activating group) is 1. The molecule has 1 unspecified atom stereocenters. The van der Waals surface area contributed by atoms with Gasteiger partial charge in [-0.2, -0.15) is 18.2 Å². The molecule has 9 nitrogen and oxygen atoms in total. The van der Waals surface area contributed by atoms with Gasteiger partial charge in [0, 0.05) is 29.5 Å². The summed E-state index contributed by atoms with van der Waals surface area (Å²) in [5.74, 6) is 0.296. The lowest BCUT2D eigenvalue weighted by atomic mass is 10.1. The van der Waals surface area contributed by atoms with E-state index in [2.05, 4.69) is 43.1 Å². The lowest BCUT2D eigenvalue weighted by molar-refractivity contribution is -0.137. The van der Waals surface area contributed by atoms with E-state index in [4.69, 9.17) is 16.6 Å². The highest BCUT2D eigenvalue weighted by Crippen LogP contribution is 2.36. The predicted molar refractivity (Wildman–Crippen MR) is 150 cm³/mol. The molecule has 0 saturated carbocycles. The number of hydrogen-bond donors (Lipinski definition) is 4. The third kappa shape index (κ3) is 6.93. The number of anilines is 4. The zero-order valence-electron chi connectivity index (χ0n) is 22.2. The van der Waals surface area contributed by atoms with Crippen LogP contribution in [0.1, 0.15) is 36.4 Å². The standard InChI is InChI=1S/C27H28ClF3N8O/c1-5-20-22(10-15(3)32-4)37-24-23(36-20)13-33-25(39-24)38-21-12-17(7-6-14(21)2)35-26(40)34-16-8-9-19(28)18(11-16)27(29,30)31/h6-9,11-13,15,32H,5,10H2,1-4H3,(H2,34,35,40)(H,33,37,38,39). The molecule has 0 radical (unpaired) electrons. The normalized spacial score (nSPS) is 12.3. The summed E-state index contributed by atoms with van der Waals surface area (Å²) in [5, 5.41) is 10.9. The number of carbonyl (C=O) groups excluding carboxylic acids is 1. The van der Waals surface area contributed by atoms with Gasteiger partial charge in [-0.1, -0.05) is 24.6 Å². The number of alkyl halides is 3. The molecule has 0 aliphatic carbocycles. The molecule has 4 rings (SSSR count). The molecule has 0 aliphatic rings. The summed E-state index contributed by atoms with van der Waals surface area (Å²) in [5.41, 5.74) is 3.58. The number of nitrogens with zero attached hydrogens (tertiary/aromatic N) is 4. The fourth-order valence-electron chi connectivity index (χ4n) is 3.90. The first-order valence-electron chi connectivity index (χ1n) is 12.5. The number of amides is 2. The zero-order valence-corrected chi connectivity index (χ0v) is 23.0. The fourth-order valence-corrected chi connectivity index (χ4v) is 4.12. The number of rotatable bonds is 8. The van der Waals surface area contributed by atoms with Gasteiger partial charge in [-0.15, -0.1) is 0 Å². The Morgan fingerprint density at radius 2 is 1.73 bits per heavy atom. The van der Waals surface area contributed by atoms with Crippen molar-refractivity contribution in [1.29, 1.82) is 0 Å². The van der Waals surface area contributed by atoms with Gasteiger partial charge in [0.15, 0.2) is 5.65 Å². The van der Waals surface area contributed by atoms with E-state index < -0.39 is 22.8 Å². The first-order valence-corrected chi connectivity index (χ1v) is 12.9. The van der Waals surface area contributed by atoms with Gasteiger partial charge >= 0.3 is 12.2 Å².